The molecular formula is C28H27NO3. The highest BCUT2D eigenvalue weighted by Gasteiger charge is 2.43. The van der Waals surface area contributed by atoms with Gasteiger partial charge in [0.05, 0.1) is 12.1 Å². The van der Waals surface area contributed by atoms with E-state index < -0.39 is 5.54 Å². The molecule has 3 aromatic carbocycles. The summed E-state index contributed by atoms with van der Waals surface area (Å²) in [6, 6.07) is 24.8. The van der Waals surface area contributed by atoms with Crippen molar-refractivity contribution in [3.05, 3.63) is 101 Å². The first-order chi connectivity index (χ1) is 15.5. The molecule has 0 heterocycles. The third kappa shape index (κ3) is 4.22. The average Bonchev–Trinajstić information content (AvgIpc) is 3.07. The van der Waals surface area contributed by atoms with Crippen LogP contribution in [-0.4, -0.2) is 18.5 Å². The second-order valence-corrected chi connectivity index (χ2v) is 8.00. The molecule has 0 radical (unpaired) electrons. The van der Waals surface area contributed by atoms with E-state index in [1.54, 1.807) is 19.9 Å². The topological polar surface area (TPSA) is 55.4 Å². The first kappa shape index (κ1) is 21.6. The maximum absolute atomic E-state index is 12.3. The number of carbonyl (C=O) groups excluding carboxylic acids is 2. The Morgan fingerprint density at radius 2 is 1.50 bits per heavy atom. The molecule has 0 aliphatic heterocycles. The van der Waals surface area contributed by atoms with Gasteiger partial charge in [-0.1, -0.05) is 72.8 Å². The number of hydrogen-bond donors (Lipinski definition) is 1. The van der Waals surface area contributed by atoms with Gasteiger partial charge in [-0.3, -0.25) is 4.79 Å². The van der Waals surface area contributed by atoms with Crippen molar-refractivity contribution >= 4 is 18.0 Å². The lowest BCUT2D eigenvalue weighted by Crippen LogP contribution is -2.45. The molecule has 4 nitrogen and oxygen atoms in total. The van der Waals surface area contributed by atoms with Crippen LogP contribution in [0.2, 0.25) is 0 Å². The normalized spacial score (nSPS) is 13.4. The lowest BCUT2D eigenvalue weighted by molar-refractivity contribution is -0.137. The fourth-order valence-electron chi connectivity index (χ4n) is 4.57. The van der Waals surface area contributed by atoms with Crippen molar-refractivity contribution in [2.24, 2.45) is 0 Å². The fourth-order valence-corrected chi connectivity index (χ4v) is 4.57. The van der Waals surface area contributed by atoms with Crippen LogP contribution in [0.25, 0.3) is 17.2 Å². The van der Waals surface area contributed by atoms with Crippen molar-refractivity contribution in [3.8, 4) is 11.1 Å². The van der Waals surface area contributed by atoms with E-state index in [9.17, 15) is 9.59 Å². The van der Waals surface area contributed by atoms with Gasteiger partial charge in [-0.15, -0.1) is 0 Å². The predicted octanol–water partition coefficient (Wildman–Crippen LogP) is 5.26. The number of benzene rings is 3. The third-order valence-corrected chi connectivity index (χ3v) is 5.92. The number of carbonyl (C=O) groups is 2. The van der Waals surface area contributed by atoms with Crippen molar-refractivity contribution in [2.45, 2.75) is 32.2 Å². The Hall–Kier alpha value is -3.66. The molecule has 3 aromatic rings. The Balaban J connectivity index is 1.60. The molecule has 4 rings (SSSR count). The Labute approximate surface area is 188 Å². The summed E-state index contributed by atoms with van der Waals surface area (Å²) in [4.78, 5) is 23.8. The fraction of sp³-hybridized carbons (Fsp3) is 0.214. The quantitative estimate of drug-likeness (QED) is 0.415. The summed E-state index contributed by atoms with van der Waals surface area (Å²) >= 11 is 0. The molecule has 0 atom stereocenters. The van der Waals surface area contributed by atoms with Gasteiger partial charge in [0, 0.05) is 13.0 Å². The summed E-state index contributed by atoms with van der Waals surface area (Å²) in [7, 11) is 0. The first-order valence-corrected chi connectivity index (χ1v) is 11.0. The highest BCUT2D eigenvalue weighted by molar-refractivity contribution is 5.87. The highest BCUT2D eigenvalue weighted by atomic mass is 16.5. The Kier molecular flexibility index (Phi) is 6.22. The molecule has 0 bridgehead atoms. The van der Waals surface area contributed by atoms with Crippen LogP contribution in [0.5, 0.6) is 0 Å². The standard InChI is InChI=1S/C28H27NO3/c1-3-32-27(31)17-16-21-12-14-22(15-13-21)18-19-28(29-20(2)30)25-10-6-4-8-23(25)24-9-5-7-11-26(24)28/h4-17H,3,18-19H2,1-2H3,(H,29,30). The molecule has 162 valence electrons. The molecule has 0 saturated heterocycles. The Morgan fingerprint density at radius 3 is 2.06 bits per heavy atom. The summed E-state index contributed by atoms with van der Waals surface area (Å²) in [5.41, 5.74) is 6.20. The second-order valence-electron chi connectivity index (χ2n) is 8.00. The summed E-state index contributed by atoms with van der Waals surface area (Å²) in [6.45, 7) is 3.73. The Morgan fingerprint density at radius 1 is 0.906 bits per heavy atom. The van der Waals surface area contributed by atoms with Crippen LogP contribution in [0.3, 0.4) is 0 Å². The molecule has 0 aromatic heterocycles. The lowest BCUT2D eigenvalue weighted by atomic mass is 9.82. The molecule has 1 aliphatic carbocycles. The van der Waals surface area contributed by atoms with Gasteiger partial charge >= 0.3 is 5.97 Å². The van der Waals surface area contributed by atoms with Crippen LogP contribution < -0.4 is 5.32 Å². The van der Waals surface area contributed by atoms with E-state index in [-0.39, 0.29) is 11.9 Å². The van der Waals surface area contributed by atoms with Crippen molar-refractivity contribution in [3.63, 3.8) is 0 Å². The molecular weight excluding hydrogens is 398 g/mol. The molecule has 1 aliphatic rings. The number of ether oxygens (including phenoxy) is 1. The van der Waals surface area contributed by atoms with E-state index in [4.69, 9.17) is 4.74 Å². The molecule has 0 fully saturated rings. The highest BCUT2D eigenvalue weighted by Crippen LogP contribution is 2.49. The minimum Gasteiger partial charge on any atom is -0.463 e. The monoisotopic (exact) mass is 425 g/mol. The second kappa shape index (κ2) is 9.23. The number of aryl methyl sites for hydroxylation is 1. The molecule has 1 amide bonds. The van der Waals surface area contributed by atoms with Gasteiger partial charge in [0.25, 0.3) is 0 Å². The number of rotatable bonds is 7. The number of hydrogen-bond acceptors (Lipinski definition) is 3. The molecule has 4 heteroatoms. The van der Waals surface area contributed by atoms with E-state index in [1.807, 2.05) is 36.4 Å². The van der Waals surface area contributed by atoms with Crippen LogP contribution in [0.1, 0.15) is 42.5 Å². The van der Waals surface area contributed by atoms with Crippen molar-refractivity contribution in [1.82, 2.24) is 5.32 Å². The van der Waals surface area contributed by atoms with Gasteiger partial charge in [0.2, 0.25) is 5.91 Å². The zero-order chi connectivity index (χ0) is 22.6. The zero-order valence-corrected chi connectivity index (χ0v) is 18.4. The third-order valence-electron chi connectivity index (χ3n) is 5.92. The van der Waals surface area contributed by atoms with Crippen LogP contribution in [0.4, 0.5) is 0 Å². The van der Waals surface area contributed by atoms with E-state index in [0.717, 1.165) is 29.5 Å². The van der Waals surface area contributed by atoms with Gasteiger partial charge in [-0.2, -0.15) is 0 Å². The van der Waals surface area contributed by atoms with Crippen molar-refractivity contribution in [1.29, 1.82) is 0 Å². The van der Waals surface area contributed by atoms with E-state index in [0.29, 0.717) is 6.61 Å². The van der Waals surface area contributed by atoms with Crippen LogP contribution in [0.15, 0.2) is 78.9 Å². The average molecular weight is 426 g/mol. The molecule has 1 N–H and O–H groups in total. The number of esters is 1. The van der Waals surface area contributed by atoms with Gasteiger partial charge < -0.3 is 10.1 Å². The summed E-state index contributed by atoms with van der Waals surface area (Å²) in [5.74, 6) is -0.386. The van der Waals surface area contributed by atoms with E-state index in [1.165, 1.54) is 22.8 Å². The summed E-state index contributed by atoms with van der Waals surface area (Å²) in [5, 5.41) is 3.29. The van der Waals surface area contributed by atoms with Gasteiger partial charge in [0.15, 0.2) is 0 Å². The molecule has 0 saturated carbocycles. The first-order valence-electron chi connectivity index (χ1n) is 11.0. The molecule has 32 heavy (non-hydrogen) atoms. The minimum absolute atomic E-state index is 0.0454. The maximum atomic E-state index is 12.3. The molecule has 0 spiro atoms. The van der Waals surface area contributed by atoms with Gasteiger partial charge in [-0.05, 0) is 59.2 Å². The number of amides is 1. The van der Waals surface area contributed by atoms with E-state index >= 15 is 0 Å². The van der Waals surface area contributed by atoms with Crippen molar-refractivity contribution in [2.75, 3.05) is 6.61 Å². The van der Waals surface area contributed by atoms with Crippen LogP contribution in [0, 0.1) is 0 Å². The zero-order valence-electron chi connectivity index (χ0n) is 18.4. The van der Waals surface area contributed by atoms with Crippen molar-refractivity contribution < 1.29 is 14.3 Å². The maximum Gasteiger partial charge on any atom is 0.330 e. The van der Waals surface area contributed by atoms with E-state index in [2.05, 4.69) is 41.7 Å². The summed E-state index contributed by atoms with van der Waals surface area (Å²) < 4.78 is 4.92. The van der Waals surface area contributed by atoms with Crippen LogP contribution in [-0.2, 0) is 26.3 Å². The number of fused-ring (bicyclic) bond motifs is 3. The predicted molar refractivity (Wildman–Crippen MR) is 127 cm³/mol. The Bertz CT molecular complexity index is 1120. The summed E-state index contributed by atoms with van der Waals surface area (Å²) in [6.07, 6.45) is 4.74. The largest absolute Gasteiger partial charge is 0.463 e. The SMILES string of the molecule is CCOC(=O)C=Cc1ccc(CCC2(NC(C)=O)c3ccccc3-c3ccccc32)cc1. The van der Waals surface area contributed by atoms with Gasteiger partial charge in [-0.25, -0.2) is 4.79 Å². The smallest absolute Gasteiger partial charge is 0.330 e. The molecule has 0 unspecified atom stereocenters. The van der Waals surface area contributed by atoms with Crippen LogP contribution >= 0.6 is 0 Å². The number of nitrogens with one attached hydrogen (secondary N) is 1. The van der Waals surface area contributed by atoms with Gasteiger partial charge in [0.1, 0.15) is 0 Å². The minimum atomic E-state index is -0.554. The lowest BCUT2D eigenvalue weighted by Gasteiger charge is -2.33.